The molecule has 3 rings (SSSR count). The number of hydrogen-bond donors (Lipinski definition) is 4. The van der Waals surface area contributed by atoms with E-state index in [4.69, 9.17) is 10.5 Å². The van der Waals surface area contributed by atoms with Crippen molar-refractivity contribution in [1.82, 2.24) is 0 Å². The standard InChI is InChI=1S/C18H16N2O10S3/c1-9-3-4-12-11(5-9)7-15(32-30-28-23)17(18(12)21)20-19-13-8-14(31-29-27-22)10(2)6-16(13)33(24,25)26/h3-8,21-23H,1-2H3,(H,24,25,26). The summed E-state index contributed by atoms with van der Waals surface area (Å²) in [5.41, 5.74) is 0.852. The van der Waals surface area contributed by atoms with Crippen LogP contribution in [-0.2, 0) is 28.9 Å². The normalized spacial score (nSPS) is 12.2. The number of hydrogen-bond acceptors (Lipinski definition) is 13. The Morgan fingerprint density at radius 1 is 0.909 bits per heavy atom. The van der Waals surface area contributed by atoms with Gasteiger partial charge in [0.05, 0.1) is 29.0 Å². The number of azo groups is 1. The molecule has 3 aromatic rings. The maximum Gasteiger partial charge on any atom is 0.296 e. The lowest BCUT2D eigenvalue weighted by atomic mass is 10.1. The van der Waals surface area contributed by atoms with Gasteiger partial charge in [-0.15, -0.1) is 18.9 Å². The number of fused-ring (bicyclic) bond motifs is 1. The van der Waals surface area contributed by atoms with Crippen LogP contribution >= 0.6 is 24.1 Å². The Balaban J connectivity index is 2.18. The molecule has 0 bridgehead atoms. The van der Waals surface area contributed by atoms with E-state index in [9.17, 15) is 18.1 Å². The number of nitrogens with zero attached hydrogens (tertiary/aromatic N) is 2. The summed E-state index contributed by atoms with van der Waals surface area (Å²) in [6, 6.07) is 9.15. The lowest BCUT2D eigenvalue weighted by molar-refractivity contribution is -0.432. The number of phenols is 1. The number of phenolic OH excluding ortho intramolecular Hbond substituents is 1. The predicted molar refractivity (Wildman–Crippen MR) is 117 cm³/mol. The molecule has 0 saturated carbocycles. The van der Waals surface area contributed by atoms with E-state index in [1.165, 1.54) is 13.0 Å². The highest BCUT2D eigenvalue weighted by Crippen LogP contribution is 2.44. The van der Waals surface area contributed by atoms with Crippen molar-refractivity contribution in [2.45, 2.75) is 28.5 Å². The summed E-state index contributed by atoms with van der Waals surface area (Å²) < 4.78 is 42.2. The number of aryl methyl sites for hydroxylation is 2. The highest BCUT2D eigenvalue weighted by molar-refractivity contribution is 7.95. The Morgan fingerprint density at radius 3 is 2.21 bits per heavy atom. The van der Waals surface area contributed by atoms with Crippen molar-refractivity contribution in [3.63, 3.8) is 0 Å². The molecule has 15 heteroatoms. The molecule has 0 aliphatic rings. The second-order valence-corrected chi connectivity index (χ2v) is 9.38. The molecular formula is C18H16N2O10S3. The van der Waals surface area contributed by atoms with Gasteiger partial charge in [0, 0.05) is 10.3 Å². The minimum absolute atomic E-state index is 0.126. The van der Waals surface area contributed by atoms with Crippen molar-refractivity contribution in [2.75, 3.05) is 0 Å². The Morgan fingerprint density at radius 2 is 1.58 bits per heavy atom. The summed E-state index contributed by atoms with van der Waals surface area (Å²) in [5, 5.41) is 43.7. The Labute approximate surface area is 195 Å². The molecule has 0 fully saturated rings. The van der Waals surface area contributed by atoms with Crippen molar-refractivity contribution < 1.29 is 47.3 Å². The third-order valence-corrected chi connectivity index (χ3v) is 6.56. The molecule has 33 heavy (non-hydrogen) atoms. The molecule has 0 spiro atoms. The molecule has 3 aromatic carbocycles. The fraction of sp³-hybridized carbons (Fsp3) is 0.111. The highest BCUT2D eigenvalue weighted by Gasteiger charge is 2.20. The molecule has 0 unspecified atom stereocenters. The van der Waals surface area contributed by atoms with Gasteiger partial charge in [-0.25, -0.2) is 10.5 Å². The van der Waals surface area contributed by atoms with E-state index in [0.717, 1.165) is 11.6 Å². The van der Waals surface area contributed by atoms with Crippen molar-refractivity contribution >= 4 is 56.4 Å². The molecule has 0 radical (unpaired) electrons. The van der Waals surface area contributed by atoms with Crippen LogP contribution in [0.5, 0.6) is 5.75 Å². The van der Waals surface area contributed by atoms with Crippen LogP contribution in [0.3, 0.4) is 0 Å². The summed E-state index contributed by atoms with van der Waals surface area (Å²) in [7, 11) is -4.70. The van der Waals surface area contributed by atoms with Crippen LogP contribution in [0.1, 0.15) is 11.1 Å². The van der Waals surface area contributed by atoms with Crippen LogP contribution in [0, 0.1) is 13.8 Å². The quantitative estimate of drug-likeness (QED) is 0.0900. The van der Waals surface area contributed by atoms with Crippen molar-refractivity contribution in [1.29, 1.82) is 0 Å². The molecule has 176 valence electrons. The van der Waals surface area contributed by atoms with Gasteiger partial charge in [0.25, 0.3) is 10.1 Å². The van der Waals surface area contributed by atoms with Crippen molar-refractivity contribution in [3.8, 4) is 5.75 Å². The van der Waals surface area contributed by atoms with Crippen LogP contribution in [0.4, 0.5) is 11.4 Å². The zero-order valence-corrected chi connectivity index (χ0v) is 19.3. The van der Waals surface area contributed by atoms with E-state index in [2.05, 4.69) is 29.0 Å². The molecule has 12 nitrogen and oxygen atoms in total. The third kappa shape index (κ3) is 5.98. The zero-order valence-electron chi connectivity index (χ0n) is 16.8. The first kappa shape index (κ1) is 25.3. The summed E-state index contributed by atoms with van der Waals surface area (Å²) in [4.78, 5) is -0.0937. The number of benzene rings is 3. The third-order valence-electron chi connectivity index (χ3n) is 4.31. The second-order valence-electron chi connectivity index (χ2n) is 6.51. The Hall–Kier alpha value is -2.31. The van der Waals surface area contributed by atoms with Gasteiger partial charge in [-0.2, -0.15) is 8.42 Å². The first-order valence-corrected chi connectivity index (χ1v) is 11.7. The first-order chi connectivity index (χ1) is 15.7. The lowest BCUT2D eigenvalue weighted by Gasteiger charge is -2.10. The molecule has 0 atom stereocenters. The van der Waals surface area contributed by atoms with Crippen molar-refractivity contribution in [3.05, 3.63) is 47.5 Å². The molecule has 0 aliphatic heterocycles. The lowest BCUT2D eigenvalue weighted by Crippen LogP contribution is -2.00. The van der Waals surface area contributed by atoms with Gasteiger partial charge in [-0.1, -0.05) is 33.8 Å². The fourth-order valence-electron chi connectivity index (χ4n) is 2.86. The van der Waals surface area contributed by atoms with Crippen LogP contribution in [0.15, 0.2) is 61.3 Å². The van der Waals surface area contributed by atoms with E-state index >= 15 is 0 Å². The first-order valence-electron chi connectivity index (χ1n) is 8.75. The maximum atomic E-state index is 11.9. The van der Waals surface area contributed by atoms with E-state index in [0.29, 0.717) is 40.4 Å². The van der Waals surface area contributed by atoms with E-state index < -0.39 is 15.0 Å². The van der Waals surface area contributed by atoms with Gasteiger partial charge in [0.1, 0.15) is 16.3 Å². The average Bonchev–Trinajstić information content (AvgIpc) is 2.75. The smallest absolute Gasteiger partial charge is 0.296 e. The molecular weight excluding hydrogens is 500 g/mol. The monoisotopic (exact) mass is 516 g/mol. The molecule has 0 heterocycles. The number of aromatic hydroxyl groups is 1. The van der Waals surface area contributed by atoms with Gasteiger partial charge < -0.3 is 5.11 Å². The van der Waals surface area contributed by atoms with Gasteiger partial charge in [0.15, 0.2) is 5.75 Å². The summed E-state index contributed by atoms with van der Waals surface area (Å²) in [6.07, 6.45) is 0. The Bertz CT molecular complexity index is 1310. The minimum atomic E-state index is -4.70. The topological polar surface area (TPSA) is 177 Å². The summed E-state index contributed by atoms with van der Waals surface area (Å²) >= 11 is 1.08. The zero-order chi connectivity index (χ0) is 24.2. The molecule has 0 aromatic heterocycles. The summed E-state index contributed by atoms with van der Waals surface area (Å²) in [5.74, 6) is -0.299. The molecule has 4 N–H and O–H groups in total. The van der Waals surface area contributed by atoms with E-state index in [-0.39, 0.29) is 26.9 Å². The van der Waals surface area contributed by atoms with Gasteiger partial charge in [-0.05, 0) is 43.0 Å². The van der Waals surface area contributed by atoms with Gasteiger partial charge >= 0.3 is 0 Å². The minimum Gasteiger partial charge on any atom is -0.505 e. The predicted octanol–water partition coefficient (Wildman–Crippen LogP) is 5.68. The highest BCUT2D eigenvalue weighted by atomic mass is 32.2. The average molecular weight is 517 g/mol. The summed E-state index contributed by atoms with van der Waals surface area (Å²) in [6.45, 7) is 3.39. The van der Waals surface area contributed by atoms with Crippen LogP contribution in [0.2, 0.25) is 0 Å². The van der Waals surface area contributed by atoms with Gasteiger partial charge in [0.2, 0.25) is 0 Å². The second kappa shape index (κ2) is 10.7. The number of rotatable bonds is 9. The molecule has 0 saturated heterocycles. The van der Waals surface area contributed by atoms with Gasteiger partial charge in [-0.3, -0.25) is 4.55 Å². The molecule has 0 aliphatic carbocycles. The van der Waals surface area contributed by atoms with Crippen LogP contribution in [0.25, 0.3) is 10.8 Å². The Kier molecular flexibility index (Phi) is 8.24. The van der Waals surface area contributed by atoms with Crippen LogP contribution < -0.4 is 0 Å². The molecule has 0 amide bonds. The van der Waals surface area contributed by atoms with E-state index in [1.807, 2.05) is 6.92 Å². The van der Waals surface area contributed by atoms with Crippen molar-refractivity contribution in [2.24, 2.45) is 10.2 Å². The fourth-order valence-corrected chi connectivity index (χ4v) is 4.50. The maximum absolute atomic E-state index is 11.9. The SMILES string of the molecule is Cc1ccc2c(O)c(N=Nc3cc(SOOO)c(C)cc3S(=O)(=O)O)c(SOOO)cc2c1. The van der Waals surface area contributed by atoms with E-state index in [1.54, 1.807) is 24.3 Å². The largest absolute Gasteiger partial charge is 0.505 e. The van der Waals surface area contributed by atoms with Crippen LogP contribution in [-0.4, -0.2) is 28.6 Å².